The van der Waals surface area contributed by atoms with Gasteiger partial charge in [0.05, 0.1) is 16.6 Å². The van der Waals surface area contributed by atoms with Gasteiger partial charge in [-0.25, -0.2) is 9.97 Å². The zero-order valence-corrected chi connectivity index (χ0v) is 9.72. The molecule has 0 bridgehead atoms. The summed E-state index contributed by atoms with van der Waals surface area (Å²) in [6.07, 6.45) is 1.17. The second-order valence-electron chi connectivity index (χ2n) is 3.93. The lowest BCUT2D eigenvalue weighted by Crippen LogP contribution is -2.13. The number of anilines is 1. The van der Waals surface area contributed by atoms with Gasteiger partial charge in [-0.1, -0.05) is 12.1 Å². The molecule has 2 heterocycles. The quantitative estimate of drug-likeness (QED) is 0.691. The average Bonchev–Trinajstić information content (AvgIpc) is 2.81. The van der Waals surface area contributed by atoms with Crippen molar-refractivity contribution in [3.63, 3.8) is 0 Å². The summed E-state index contributed by atoms with van der Waals surface area (Å²) < 4.78 is 12.7. The molecule has 3 aromatic rings. The number of hydrogen-bond donors (Lipinski definition) is 2. The zero-order chi connectivity index (χ0) is 13.2. The Balaban J connectivity index is 1.84. The third kappa shape index (κ3) is 2.28. The molecule has 94 valence electrons. The van der Waals surface area contributed by atoms with E-state index in [9.17, 15) is 9.18 Å². The second-order valence-corrected chi connectivity index (χ2v) is 3.93. The summed E-state index contributed by atoms with van der Waals surface area (Å²) in [5.74, 6) is -0.678. The number of benzene rings is 1. The Labute approximate surface area is 107 Å². The van der Waals surface area contributed by atoms with Crippen LogP contribution in [0.5, 0.6) is 0 Å². The first-order chi connectivity index (χ1) is 9.22. The molecule has 3 rings (SSSR count). The number of aromatic nitrogens is 3. The molecule has 0 aliphatic heterocycles. The van der Waals surface area contributed by atoms with Gasteiger partial charge < -0.3 is 4.98 Å². The predicted molar refractivity (Wildman–Crippen MR) is 68.2 cm³/mol. The first-order valence-corrected chi connectivity index (χ1v) is 5.60. The van der Waals surface area contributed by atoms with Gasteiger partial charge in [0.25, 0.3) is 5.91 Å². The van der Waals surface area contributed by atoms with E-state index in [-0.39, 0.29) is 5.56 Å². The van der Waals surface area contributed by atoms with E-state index < -0.39 is 11.9 Å². The number of aromatic amines is 1. The van der Waals surface area contributed by atoms with Gasteiger partial charge in [0.1, 0.15) is 0 Å². The number of H-pyrrole nitrogens is 1. The van der Waals surface area contributed by atoms with Gasteiger partial charge in [-0.2, -0.15) is 4.39 Å². The van der Waals surface area contributed by atoms with Crippen LogP contribution in [0.4, 0.5) is 10.3 Å². The third-order valence-corrected chi connectivity index (χ3v) is 2.61. The summed E-state index contributed by atoms with van der Waals surface area (Å²) in [5.41, 5.74) is 1.85. The number of para-hydroxylation sites is 2. The van der Waals surface area contributed by atoms with Crippen LogP contribution in [0.25, 0.3) is 11.0 Å². The van der Waals surface area contributed by atoms with E-state index >= 15 is 0 Å². The largest absolute Gasteiger partial charge is 0.324 e. The van der Waals surface area contributed by atoms with E-state index in [4.69, 9.17) is 0 Å². The van der Waals surface area contributed by atoms with E-state index in [0.29, 0.717) is 5.95 Å². The predicted octanol–water partition coefficient (Wildman–Crippen LogP) is 2.35. The Hall–Kier alpha value is -2.76. The molecule has 0 spiro atoms. The van der Waals surface area contributed by atoms with Gasteiger partial charge in [-0.3, -0.25) is 10.1 Å². The number of pyridine rings is 1. The minimum Gasteiger partial charge on any atom is -0.324 e. The lowest BCUT2D eigenvalue weighted by atomic mass is 10.3. The molecule has 1 amide bonds. The number of nitrogens with one attached hydrogen (secondary N) is 2. The molecule has 5 nitrogen and oxygen atoms in total. The van der Waals surface area contributed by atoms with Gasteiger partial charge >= 0.3 is 0 Å². The van der Waals surface area contributed by atoms with Crippen molar-refractivity contribution in [1.29, 1.82) is 0 Å². The minimum atomic E-state index is -0.625. The SMILES string of the molecule is O=C(Nc1nc2ccccc2[nH]1)c1ccc(F)nc1. The molecule has 0 atom stereocenters. The van der Waals surface area contributed by atoms with E-state index in [0.717, 1.165) is 17.1 Å². The highest BCUT2D eigenvalue weighted by Gasteiger charge is 2.09. The molecule has 0 aliphatic carbocycles. The molecule has 0 unspecified atom stereocenters. The highest BCUT2D eigenvalue weighted by atomic mass is 19.1. The number of imidazole rings is 1. The molecule has 0 aliphatic rings. The van der Waals surface area contributed by atoms with E-state index in [1.807, 2.05) is 24.3 Å². The fraction of sp³-hybridized carbons (Fsp3) is 0. The van der Waals surface area contributed by atoms with Crippen molar-refractivity contribution in [2.45, 2.75) is 0 Å². The number of carbonyl (C=O) groups is 1. The summed E-state index contributed by atoms with van der Waals surface area (Å²) >= 11 is 0. The molecule has 6 heteroatoms. The van der Waals surface area contributed by atoms with Gasteiger partial charge in [0, 0.05) is 6.20 Å². The lowest BCUT2D eigenvalue weighted by Gasteiger charge is -2.00. The summed E-state index contributed by atoms with van der Waals surface area (Å²) in [7, 11) is 0. The monoisotopic (exact) mass is 256 g/mol. The smallest absolute Gasteiger partial charge is 0.259 e. The van der Waals surface area contributed by atoms with Gasteiger partial charge in [-0.15, -0.1) is 0 Å². The maximum absolute atomic E-state index is 12.7. The molecule has 2 aromatic heterocycles. The van der Waals surface area contributed by atoms with E-state index in [1.54, 1.807) is 0 Å². The molecule has 0 saturated heterocycles. The average molecular weight is 256 g/mol. The van der Waals surface area contributed by atoms with E-state index in [2.05, 4.69) is 20.3 Å². The van der Waals surface area contributed by atoms with Crippen molar-refractivity contribution in [3.05, 3.63) is 54.1 Å². The van der Waals surface area contributed by atoms with Crippen LogP contribution in [-0.2, 0) is 0 Å². The van der Waals surface area contributed by atoms with Crippen molar-refractivity contribution >= 4 is 22.9 Å². The van der Waals surface area contributed by atoms with Crippen molar-refractivity contribution < 1.29 is 9.18 Å². The maximum Gasteiger partial charge on any atom is 0.259 e. The first kappa shape index (κ1) is 11.3. The molecular formula is C13H9FN4O. The van der Waals surface area contributed by atoms with Crippen LogP contribution in [0.1, 0.15) is 10.4 Å². The fourth-order valence-electron chi connectivity index (χ4n) is 1.70. The summed E-state index contributed by atoms with van der Waals surface area (Å²) in [6.45, 7) is 0. The van der Waals surface area contributed by atoms with Crippen LogP contribution in [-0.4, -0.2) is 20.9 Å². The van der Waals surface area contributed by atoms with E-state index in [1.165, 1.54) is 12.3 Å². The van der Waals surface area contributed by atoms with Gasteiger partial charge in [0.2, 0.25) is 11.9 Å². The normalized spacial score (nSPS) is 10.6. The Morgan fingerprint density at radius 1 is 1.21 bits per heavy atom. The standard InChI is InChI=1S/C13H9FN4O/c14-11-6-5-8(7-15-11)12(19)18-13-16-9-3-1-2-4-10(9)17-13/h1-7H,(H2,16,17,18,19). The van der Waals surface area contributed by atoms with Crippen LogP contribution in [0.15, 0.2) is 42.6 Å². The number of rotatable bonds is 2. The molecule has 1 aromatic carbocycles. The van der Waals surface area contributed by atoms with Gasteiger partial charge in [0.15, 0.2) is 0 Å². The molecule has 2 N–H and O–H groups in total. The third-order valence-electron chi connectivity index (χ3n) is 2.61. The number of amides is 1. The Bertz CT molecular complexity index is 703. The first-order valence-electron chi connectivity index (χ1n) is 5.60. The number of nitrogens with zero attached hydrogens (tertiary/aromatic N) is 2. The number of carbonyl (C=O) groups excluding carboxylic acids is 1. The topological polar surface area (TPSA) is 70.7 Å². The zero-order valence-electron chi connectivity index (χ0n) is 9.72. The van der Waals surface area contributed by atoms with Crippen molar-refractivity contribution in [1.82, 2.24) is 15.0 Å². The number of hydrogen-bond acceptors (Lipinski definition) is 3. The molecule has 19 heavy (non-hydrogen) atoms. The number of fused-ring (bicyclic) bond motifs is 1. The van der Waals surface area contributed by atoms with Crippen molar-refractivity contribution in [3.8, 4) is 0 Å². The number of halogens is 1. The Morgan fingerprint density at radius 2 is 2.05 bits per heavy atom. The van der Waals surface area contributed by atoms with Crippen LogP contribution in [0.3, 0.4) is 0 Å². The summed E-state index contributed by atoms with van der Waals surface area (Å²) in [5, 5.41) is 2.60. The molecule has 0 fully saturated rings. The lowest BCUT2D eigenvalue weighted by molar-refractivity contribution is 0.102. The minimum absolute atomic E-state index is 0.266. The molecule has 0 radical (unpaired) electrons. The van der Waals surface area contributed by atoms with Crippen LogP contribution >= 0.6 is 0 Å². The van der Waals surface area contributed by atoms with Crippen molar-refractivity contribution in [2.75, 3.05) is 5.32 Å². The second kappa shape index (κ2) is 4.49. The summed E-state index contributed by atoms with van der Waals surface area (Å²) in [4.78, 5) is 22.5. The molecule has 0 saturated carbocycles. The van der Waals surface area contributed by atoms with Gasteiger partial charge in [-0.05, 0) is 24.3 Å². The highest BCUT2D eigenvalue weighted by Crippen LogP contribution is 2.14. The van der Waals surface area contributed by atoms with Crippen LogP contribution < -0.4 is 5.32 Å². The summed E-state index contributed by atoms with van der Waals surface area (Å²) in [6, 6.07) is 9.92. The van der Waals surface area contributed by atoms with Crippen LogP contribution in [0.2, 0.25) is 0 Å². The molecular weight excluding hydrogens is 247 g/mol. The van der Waals surface area contributed by atoms with Crippen LogP contribution in [0, 0.1) is 5.95 Å². The van der Waals surface area contributed by atoms with Crippen molar-refractivity contribution in [2.24, 2.45) is 0 Å². The fourth-order valence-corrected chi connectivity index (χ4v) is 1.70. The maximum atomic E-state index is 12.7. The highest BCUT2D eigenvalue weighted by molar-refractivity contribution is 6.03. The Morgan fingerprint density at radius 3 is 2.79 bits per heavy atom. The Kier molecular flexibility index (Phi) is 2.68.